The molecule has 4 aliphatic rings. The SMILES string of the molecule is CC1(C)[C@@H]2CC[C@@]1(C)C(=O)[C@]21SC12c1ccccc1-c1ccccc12. The third-order valence-electron chi connectivity index (χ3n) is 8.25. The summed E-state index contributed by atoms with van der Waals surface area (Å²) in [5.74, 6) is 1.000. The molecule has 0 aromatic heterocycles. The molecule has 0 radical (unpaired) electrons. The van der Waals surface area contributed by atoms with Gasteiger partial charge in [-0.3, -0.25) is 4.79 Å². The molecular formula is C23H22OS. The number of carbonyl (C=O) groups excluding carboxylic acids is 1. The second-order valence-corrected chi connectivity index (χ2v) is 10.5. The highest BCUT2D eigenvalue weighted by Gasteiger charge is 2.89. The van der Waals surface area contributed by atoms with E-state index in [1.807, 2.05) is 11.8 Å². The summed E-state index contributed by atoms with van der Waals surface area (Å²) in [6.45, 7) is 6.93. The second kappa shape index (κ2) is 3.91. The highest BCUT2D eigenvalue weighted by molar-refractivity contribution is 8.10. The van der Waals surface area contributed by atoms with Gasteiger partial charge in [0.1, 0.15) is 4.75 Å². The lowest BCUT2D eigenvalue weighted by Gasteiger charge is -2.32. The monoisotopic (exact) mass is 346 g/mol. The fourth-order valence-electron chi connectivity index (χ4n) is 6.63. The largest absolute Gasteiger partial charge is 0.297 e. The Balaban J connectivity index is 1.67. The van der Waals surface area contributed by atoms with E-state index in [0.717, 1.165) is 6.42 Å². The molecule has 126 valence electrons. The number of hydrogen-bond donors (Lipinski definition) is 0. The highest BCUT2D eigenvalue weighted by atomic mass is 32.2. The summed E-state index contributed by atoms with van der Waals surface area (Å²) >= 11 is 1.96. The molecule has 0 N–H and O–H groups in total. The number of rotatable bonds is 0. The molecule has 3 atom stereocenters. The van der Waals surface area contributed by atoms with E-state index in [-0.39, 0.29) is 20.3 Å². The molecule has 6 rings (SSSR count). The Morgan fingerprint density at radius 2 is 1.48 bits per heavy atom. The van der Waals surface area contributed by atoms with Crippen LogP contribution in [0, 0.1) is 16.7 Å². The topological polar surface area (TPSA) is 17.1 Å². The average molecular weight is 346 g/mol. The molecule has 0 amide bonds. The van der Waals surface area contributed by atoms with E-state index < -0.39 is 0 Å². The lowest BCUT2D eigenvalue weighted by atomic mass is 9.70. The van der Waals surface area contributed by atoms with Crippen LogP contribution in [0.1, 0.15) is 44.7 Å². The molecule has 2 aromatic carbocycles. The van der Waals surface area contributed by atoms with Gasteiger partial charge < -0.3 is 0 Å². The summed E-state index contributed by atoms with van der Waals surface area (Å²) in [5, 5.41) is 0. The van der Waals surface area contributed by atoms with Gasteiger partial charge in [0.2, 0.25) is 0 Å². The summed E-state index contributed by atoms with van der Waals surface area (Å²) < 4.78 is -0.385. The average Bonchev–Trinajstić information content (AvgIpc) is 3.09. The number of carbonyl (C=O) groups is 1. The first-order valence-electron chi connectivity index (χ1n) is 9.36. The molecule has 1 aliphatic heterocycles. The number of fused-ring (bicyclic) bond motifs is 9. The maximum absolute atomic E-state index is 13.8. The van der Waals surface area contributed by atoms with Crippen molar-refractivity contribution >= 4 is 17.5 Å². The predicted molar refractivity (Wildman–Crippen MR) is 103 cm³/mol. The van der Waals surface area contributed by atoms with E-state index in [1.54, 1.807) is 0 Å². The fourth-order valence-corrected chi connectivity index (χ4v) is 8.97. The lowest BCUT2D eigenvalue weighted by Crippen LogP contribution is -2.40. The first-order valence-corrected chi connectivity index (χ1v) is 10.2. The molecular weight excluding hydrogens is 324 g/mol. The van der Waals surface area contributed by atoms with Gasteiger partial charge in [0.25, 0.3) is 0 Å². The van der Waals surface area contributed by atoms with Crippen LogP contribution in [0.4, 0.5) is 0 Å². The maximum Gasteiger partial charge on any atom is 0.157 e. The summed E-state index contributed by atoms with van der Waals surface area (Å²) in [6.07, 6.45) is 2.25. The van der Waals surface area contributed by atoms with Crippen LogP contribution in [0.2, 0.25) is 0 Å². The molecule has 1 heterocycles. The summed E-state index contributed by atoms with van der Waals surface area (Å²) in [5.41, 5.74) is 5.35. The minimum atomic E-state index is -0.244. The van der Waals surface area contributed by atoms with Gasteiger partial charge in [-0.15, -0.1) is 11.8 Å². The maximum atomic E-state index is 13.8. The van der Waals surface area contributed by atoms with Crippen molar-refractivity contribution in [3.05, 3.63) is 59.7 Å². The molecule has 3 fully saturated rings. The van der Waals surface area contributed by atoms with Gasteiger partial charge in [-0.1, -0.05) is 69.3 Å². The van der Waals surface area contributed by atoms with E-state index in [1.165, 1.54) is 28.7 Å². The van der Waals surface area contributed by atoms with Gasteiger partial charge in [-0.2, -0.15) is 0 Å². The predicted octanol–water partition coefficient (Wildman–Crippen LogP) is 5.42. The molecule has 3 aliphatic carbocycles. The van der Waals surface area contributed by atoms with E-state index in [0.29, 0.717) is 11.7 Å². The van der Waals surface area contributed by atoms with Crippen LogP contribution in [-0.2, 0) is 9.54 Å². The van der Waals surface area contributed by atoms with Gasteiger partial charge >= 0.3 is 0 Å². The Morgan fingerprint density at radius 3 is 2.00 bits per heavy atom. The van der Waals surface area contributed by atoms with Gasteiger partial charge in [0.05, 0.1) is 4.75 Å². The molecule has 2 bridgehead atoms. The minimum Gasteiger partial charge on any atom is -0.297 e. The van der Waals surface area contributed by atoms with Gasteiger partial charge in [-0.05, 0) is 46.4 Å². The standard InChI is InChI=1S/C23H22OS/c1-20(2)18-12-13-21(20,3)19(24)23(18)22(25-23)16-10-6-4-8-14(16)15-9-5-7-11-17(15)22/h4-11,18H,12-13H2,1-3H3/t18-,21-,23+/m0/s1. The zero-order chi connectivity index (χ0) is 17.2. The van der Waals surface area contributed by atoms with Crippen LogP contribution in [0.3, 0.4) is 0 Å². The summed E-state index contributed by atoms with van der Waals surface area (Å²) in [4.78, 5) is 13.8. The van der Waals surface area contributed by atoms with Crippen molar-refractivity contribution < 1.29 is 4.79 Å². The first-order chi connectivity index (χ1) is 11.9. The van der Waals surface area contributed by atoms with Crippen LogP contribution in [-0.4, -0.2) is 10.5 Å². The van der Waals surface area contributed by atoms with Crippen LogP contribution < -0.4 is 0 Å². The van der Waals surface area contributed by atoms with Crippen LogP contribution in [0.25, 0.3) is 11.1 Å². The Bertz CT molecular complexity index is 928. The molecule has 1 saturated heterocycles. The first kappa shape index (κ1) is 14.6. The number of hydrogen-bond acceptors (Lipinski definition) is 2. The van der Waals surface area contributed by atoms with Crippen molar-refractivity contribution in [2.24, 2.45) is 16.7 Å². The molecule has 1 nitrogen and oxygen atoms in total. The zero-order valence-electron chi connectivity index (χ0n) is 14.9. The van der Waals surface area contributed by atoms with Crippen molar-refractivity contribution in [3.8, 4) is 11.1 Å². The summed E-state index contributed by atoms with van der Waals surface area (Å²) in [6, 6.07) is 17.6. The Kier molecular flexibility index (Phi) is 2.28. The van der Waals surface area contributed by atoms with Crippen LogP contribution in [0.5, 0.6) is 0 Å². The van der Waals surface area contributed by atoms with Crippen molar-refractivity contribution in [2.75, 3.05) is 0 Å². The minimum absolute atomic E-state index is 0.0903. The fraction of sp³-hybridized carbons (Fsp3) is 0.435. The Labute approximate surface area is 153 Å². The van der Waals surface area contributed by atoms with E-state index in [4.69, 9.17) is 0 Å². The van der Waals surface area contributed by atoms with Gasteiger partial charge in [-0.25, -0.2) is 0 Å². The van der Waals surface area contributed by atoms with E-state index >= 15 is 0 Å². The number of ketones is 1. The Morgan fingerprint density at radius 1 is 0.920 bits per heavy atom. The van der Waals surface area contributed by atoms with Crippen LogP contribution in [0.15, 0.2) is 48.5 Å². The van der Waals surface area contributed by atoms with Crippen LogP contribution >= 0.6 is 11.8 Å². The van der Waals surface area contributed by atoms with E-state index in [9.17, 15) is 4.79 Å². The molecule has 2 aromatic rings. The number of benzene rings is 2. The third-order valence-corrected chi connectivity index (χ3v) is 10.2. The molecule has 2 spiro atoms. The van der Waals surface area contributed by atoms with Gasteiger partial charge in [0.15, 0.2) is 5.78 Å². The molecule has 0 unspecified atom stereocenters. The lowest BCUT2D eigenvalue weighted by molar-refractivity contribution is -0.129. The van der Waals surface area contributed by atoms with E-state index in [2.05, 4.69) is 69.3 Å². The van der Waals surface area contributed by atoms with Crippen molar-refractivity contribution in [2.45, 2.75) is 43.1 Å². The van der Waals surface area contributed by atoms with Crippen molar-refractivity contribution in [1.82, 2.24) is 0 Å². The quantitative estimate of drug-likeness (QED) is 0.592. The highest BCUT2D eigenvalue weighted by Crippen LogP contribution is 2.89. The normalized spacial score (nSPS) is 37.6. The molecule has 2 saturated carbocycles. The smallest absolute Gasteiger partial charge is 0.157 e. The van der Waals surface area contributed by atoms with Crippen molar-refractivity contribution in [1.29, 1.82) is 0 Å². The van der Waals surface area contributed by atoms with Crippen molar-refractivity contribution in [3.63, 3.8) is 0 Å². The Hall–Kier alpha value is -1.54. The number of thioether (sulfide) groups is 1. The molecule has 25 heavy (non-hydrogen) atoms. The second-order valence-electron chi connectivity index (χ2n) is 9.08. The third kappa shape index (κ3) is 1.20. The molecule has 2 heteroatoms. The summed E-state index contributed by atoms with van der Waals surface area (Å²) in [7, 11) is 0. The zero-order valence-corrected chi connectivity index (χ0v) is 15.7. The number of Topliss-reactive ketones (excluding diaryl/α,β-unsaturated/α-hetero) is 1. The van der Waals surface area contributed by atoms with Gasteiger partial charge in [0, 0.05) is 5.41 Å².